The number of halogens is 6. The van der Waals surface area contributed by atoms with Crippen molar-refractivity contribution < 1.29 is 24.2 Å². The van der Waals surface area contributed by atoms with Gasteiger partial charge in [0.25, 0.3) is 0 Å². The summed E-state index contributed by atoms with van der Waals surface area (Å²) in [5.74, 6) is 0. The molecule has 0 saturated heterocycles. The van der Waals surface area contributed by atoms with Gasteiger partial charge in [-0.05, 0) is 24.7 Å². The summed E-state index contributed by atoms with van der Waals surface area (Å²) in [6, 6.07) is 26.8. The summed E-state index contributed by atoms with van der Waals surface area (Å²) in [6.45, 7) is 18.3. The van der Waals surface area contributed by atoms with Crippen LogP contribution in [0.25, 0.3) is 21.5 Å². The standard InChI is InChI=1S/C23H29.C15H8Cl6.C5H5.Zr/c1-14-9-16-11-17-10-15(2)21(23(6,7)8)13-19(17)18(16)12-20(14)22(3,4)5;16-14(17,18)12-5-1-3-10(8-12)7-11-4-2-6-13(9-11)15(19,20)21;1-2-4-5-3-1;/h9-13H,1-8H3;1-6,8-9H;1-3H,4H2;/q-1;;-1;+2. The Morgan fingerprint density at radius 1 is 0.640 bits per heavy atom. The first-order chi connectivity index (χ1) is 23.1. The number of hydrogen-bond acceptors (Lipinski definition) is 0. The molecule has 1 aliphatic rings. The summed E-state index contributed by atoms with van der Waals surface area (Å²) in [7, 11) is 0. The molecule has 0 heterocycles. The minimum Gasteiger partial charge on any atom is -0.273 e. The Morgan fingerprint density at radius 2 is 1.06 bits per heavy atom. The molecule has 0 atom stereocenters. The Kier molecular flexibility index (Phi) is 13.6. The molecule has 5 aromatic rings. The van der Waals surface area contributed by atoms with Crippen LogP contribution in [0.15, 0.2) is 97.1 Å². The molecule has 0 N–H and O–H groups in total. The molecule has 0 amide bonds. The average molecular weight is 863 g/mol. The predicted molar refractivity (Wildman–Crippen MR) is 220 cm³/mol. The van der Waals surface area contributed by atoms with Crippen molar-refractivity contribution in [3.8, 4) is 0 Å². The Hall–Kier alpha value is -1.28. The van der Waals surface area contributed by atoms with Crippen molar-refractivity contribution >= 4 is 94.4 Å². The van der Waals surface area contributed by atoms with Gasteiger partial charge in [0, 0.05) is 0 Å². The summed E-state index contributed by atoms with van der Waals surface area (Å²) < 4.78 is -1.82. The molecule has 0 aromatic heterocycles. The summed E-state index contributed by atoms with van der Waals surface area (Å²) in [4.78, 5) is 0. The average Bonchev–Trinajstić information content (AvgIpc) is 3.70. The van der Waals surface area contributed by atoms with Crippen LogP contribution >= 0.6 is 69.6 Å². The first kappa shape index (κ1) is 41.5. The van der Waals surface area contributed by atoms with Crippen LogP contribution in [0.5, 0.6) is 0 Å². The molecular formula is C43H42Cl6Zr. The third kappa shape index (κ3) is 10.7. The summed E-state index contributed by atoms with van der Waals surface area (Å²) in [6.07, 6.45) is 10.0. The van der Waals surface area contributed by atoms with Crippen molar-refractivity contribution in [1.82, 2.24) is 0 Å². The smallest absolute Gasteiger partial charge is 0.109 e. The third-order valence-electron chi connectivity index (χ3n) is 8.55. The molecular weight excluding hydrogens is 820 g/mol. The van der Waals surface area contributed by atoms with Gasteiger partial charge < -0.3 is 0 Å². The molecule has 1 aliphatic carbocycles. The number of benzene rings is 4. The van der Waals surface area contributed by atoms with Crippen molar-refractivity contribution in [1.29, 1.82) is 0 Å². The van der Waals surface area contributed by atoms with Gasteiger partial charge in [-0.2, -0.15) is 6.08 Å². The molecule has 0 unspecified atom stereocenters. The zero-order chi connectivity index (χ0) is 37.2. The second-order valence-electron chi connectivity index (χ2n) is 14.7. The van der Waals surface area contributed by atoms with Crippen LogP contribution < -0.4 is 0 Å². The maximum atomic E-state index is 5.94. The molecule has 0 bridgehead atoms. The maximum absolute atomic E-state index is 5.94. The van der Waals surface area contributed by atoms with Gasteiger partial charge >= 0.3 is 175 Å². The van der Waals surface area contributed by atoms with Gasteiger partial charge in [0.05, 0.1) is 0 Å². The van der Waals surface area contributed by atoms with E-state index in [4.69, 9.17) is 69.6 Å². The second kappa shape index (κ2) is 16.4. The molecule has 0 fully saturated rings. The molecule has 0 saturated carbocycles. The fraction of sp³-hybridized carbons (Fsp3) is 0.302. The minimum atomic E-state index is -1.45. The van der Waals surface area contributed by atoms with E-state index in [1.807, 2.05) is 48.6 Å². The normalized spacial score (nSPS) is 13.3. The van der Waals surface area contributed by atoms with E-state index < -0.39 is 7.59 Å². The number of fused-ring (bicyclic) bond motifs is 3. The number of aryl methyl sites for hydroxylation is 2. The molecule has 7 heteroatoms. The Labute approximate surface area is 343 Å². The molecule has 50 heavy (non-hydrogen) atoms. The molecule has 5 aromatic carbocycles. The number of alkyl halides is 6. The molecule has 6 rings (SSSR count). The van der Waals surface area contributed by atoms with E-state index in [0.29, 0.717) is 11.1 Å². The van der Waals surface area contributed by atoms with Gasteiger partial charge in [0.15, 0.2) is 0 Å². The zero-order valence-electron chi connectivity index (χ0n) is 29.7. The molecule has 0 spiro atoms. The minimum absolute atomic E-state index is 0.180. The predicted octanol–water partition coefficient (Wildman–Crippen LogP) is 14.7. The van der Waals surface area contributed by atoms with Gasteiger partial charge in [0.1, 0.15) is 0 Å². The molecule has 0 radical (unpaired) electrons. The van der Waals surface area contributed by atoms with Gasteiger partial charge in [-0.3, -0.25) is 6.08 Å². The van der Waals surface area contributed by atoms with Crippen molar-refractivity contribution in [2.75, 3.05) is 0 Å². The van der Waals surface area contributed by atoms with Crippen LogP contribution in [0.4, 0.5) is 0 Å². The van der Waals surface area contributed by atoms with E-state index in [1.54, 1.807) is 12.1 Å². The number of hydrogen-bond donors (Lipinski definition) is 0. The number of rotatable bonds is 2. The van der Waals surface area contributed by atoms with Crippen LogP contribution in [0.3, 0.4) is 0 Å². The molecule has 0 aliphatic heterocycles. The summed E-state index contributed by atoms with van der Waals surface area (Å²) in [5, 5.41) is 5.55. The zero-order valence-corrected chi connectivity index (χ0v) is 36.7. The van der Waals surface area contributed by atoms with Crippen molar-refractivity contribution in [2.45, 2.75) is 80.2 Å². The van der Waals surface area contributed by atoms with Crippen LogP contribution in [0, 0.1) is 19.9 Å². The molecule has 260 valence electrons. The Morgan fingerprint density at radius 3 is 1.36 bits per heavy atom. The van der Waals surface area contributed by atoms with E-state index >= 15 is 0 Å². The largest absolute Gasteiger partial charge is 0.273 e. The quantitative estimate of drug-likeness (QED) is 0.123. The van der Waals surface area contributed by atoms with E-state index in [-0.39, 0.29) is 10.8 Å². The second-order valence-corrected chi connectivity index (χ2v) is 20.5. The van der Waals surface area contributed by atoms with Crippen molar-refractivity contribution in [3.05, 3.63) is 148 Å². The van der Waals surface area contributed by atoms with Crippen LogP contribution in [0.2, 0.25) is 0 Å². The van der Waals surface area contributed by atoms with Crippen LogP contribution in [0.1, 0.15) is 92.5 Å². The van der Waals surface area contributed by atoms with Crippen LogP contribution in [-0.2, 0) is 42.7 Å². The van der Waals surface area contributed by atoms with E-state index in [2.05, 4.69) is 97.9 Å². The fourth-order valence-corrected chi connectivity index (χ4v) is 7.63. The Balaban J connectivity index is 0.000000197. The molecule has 0 nitrogen and oxygen atoms in total. The first-order valence-electron chi connectivity index (χ1n) is 16.4. The van der Waals surface area contributed by atoms with Gasteiger partial charge in [-0.25, -0.2) is 12.2 Å². The van der Waals surface area contributed by atoms with Crippen LogP contribution in [-0.4, -0.2) is 3.21 Å². The van der Waals surface area contributed by atoms with Gasteiger partial charge in [-0.1, -0.05) is 75.9 Å². The monoisotopic (exact) mass is 858 g/mol. The third-order valence-corrected chi connectivity index (χ3v) is 11.3. The Bertz CT molecular complexity index is 1910. The maximum Gasteiger partial charge on any atom is -0.109 e. The summed E-state index contributed by atoms with van der Waals surface area (Å²) in [5.41, 5.74) is 9.25. The van der Waals surface area contributed by atoms with E-state index in [1.165, 1.54) is 68.0 Å². The van der Waals surface area contributed by atoms with Gasteiger partial charge in [-0.15, -0.1) is 46.2 Å². The topological polar surface area (TPSA) is 0 Å². The van der Waals surface area contributed by atoms with Crippen molar-refractivity contribution in [2.24, 2.45) is 0 Å². The summed E-state index contributed by atoms with van der Waals surface area (Å²) >= 11 is 36.9. The van der Waals surface area contributed by atoms with E-state index in [9.17, 15) is 0 Å². The SMILES string of the molecule is Cc1cc2[cH-]c3cc(C)c(C(C)(C)C)cc3c2cc1C(C)(C)C.ClC(Cl)(Cl)c1cccc([C](=[Zr+2])c2cccc(C(Cl)(Cl)Cl)c2)c1.[C-]1=CC=CC1. The fourth-order valence-electron chi connectivity index (χ4n) is 6.16. The first-order valence-corrected chi connectivity index (χ1v) is 19.9. The number of allylic oxidation sites excluding steroid dienone is 4. The van der Waals surface area contributed by atoms with Gasteiger partial charge in [0.2, 0.25) is 0 Å². The van der Waals surface area contributed by atoms with E-state index in [0.717, 1.165) is 20.8 Å². The van der Waals surface area contributed by atoms with Crippen molar-refractivity contribution in [3.63, 3.8) is 0 Å².